The van der Waals surface area contributed by atoms with Gasteiger partial charge in [-0.3, -0.25) is 4.79 Å². The van der Waals surface area contributed by atoms with Crippen LogP contribution in [0.2, 0.25) is 0 Å². The zero-order chi connectivity index (χ0) is 9.40. The zero-order valence-electron chi connectivity index (χ0n) is 7.79. The number of carbonyl (C=O) groups excluding carboxylic acids is 1. The molecule has 1 amide bonds. The fraction of sp³-hybridized carbons (Fsp3) is 0.875. The average molecular weight is 174 g/mol. The van der Waals surface area contributed by atoms with E-state index in [-0.39, 0.29) is 0 Å². The molecule has 4 heteroatoms. The van der Waals surface area contributed by atoms with Gasteiger partial charge in [0.1, 0.15) is 0 Å². The van der Waals surface area contributed by atoms with Crippen LogP contribution in [0.15, 0.2) is 0 Å². The number of hydrogen-bond donors (Lipinski definition) is 2. The van der Waals surface area contributed by atoms with Gasteiger partial charge in [0, 0.05) is 13.1 Å². The van der Waals surface area contributed by atoms with Gasteiger partial charge in [-0.2, -0.15) is 0 Å². The molecule has 0 saturated heterocycles. The van der Waals surface area contributed by atoms with Gasteiger partial charge in [0.05, 0.1) is 6.10 Å². The van der Waals surface area contributed by atoms with E-state index in [9.17, 15) is 9.90 Å². The number of nitrogens with zero attached hydrogens (tertiary/aromatic N) is 1. The second-order valence-electron chi connectivity index (χ2n) is 2.67. The number of aliphatic hydroxyl groups is 1. The molecule has 0 aliphatic carbocycles. The van der Waals surface area contributed by atoms with Crippen molar-refractivity contribution in [1.29, 1.82) is 0 Å². The fourth-order valence-electron chi connectivity index (χ4n) is 1.03. The Morgan fingerprint density at radius 1 is 1.50 bits per heavy atom. The summed E-state index contributed by atoms with van der Waals surface area (Å²) in [6, 6.07) is 0. The third kappa shape index (κ3) is 5.09. The van der Waals surface area contributed by atoms with Crippen LogP contribution in [0.3, 0.4) is 0 Å². The first kappa shape index (κ1) is 11.4. The zero-order valence-corrected chi connectivity index (χ0v) is 7.79. The molecule has 0 rings (SSSR count). The minimum atomic E-state index is -0.463. The number of aliphatic hydroxyl groups excluding tert-OH is 1. The molecule has 0 aliphatic heterocycles. The lowest BCUT2D eigenvalue weighted by atomic mass is 10.3. The Bertz CT molecular complexity index is 116. The molecule has 0 saturated carbocycles. The standard InChI is InChI=1S/C8H18N2O2/c1-3-10(4-2)6-8(12)5-9-7-11/h7-8,12H,3-6H2,1-2H3,(H,9,11). The predicted octanol–water partition coefficient (Wildman–Crippen LogP) is -0.565. The van der Waals surface area contributed by atoms with Crippen LogP contribution in [0, 0.1) is 0 Å². The first-order valence-corrected chi connectivity index (χ1v) is 4.32. The maximum absolute atomic E-state index is 9.90. The van der Waals surface area contributed by atoms with Crippen LogP contribution in [-0.4, -0.2) is 48.7 Å². The Morgan fingerprint density at radius 2 is 2.08 bits per heavy atom. The molecular formula is C8H18N2O2. The van der Waals surface area contributed by atoms with Crippen molar-refractivity contribution in [3.8, 4) is 0 Å². The highest BCUT2D eigenvalue weighted by atomic mass is 16.3. The summed E-state index contributed by atoms with van der Waals surface area (Å²) in [6.45, 7) is 6.89. The van der Waals surface area contributed by atoms with Crippen LogP contribution in [0.5, 0.6) is 0 Å². The Balaban J connectivity index is 3.50. The van der Waals surface area contributed by atoms with Crippen molar-refractivity contribution >= 4 is 6.41 Å². The highest BCUT2D eigenvalue weighted by molar-refractivity contribution is 5.45. The third-order valence-electron chi connectivity index (χ3n) is 1.80. The summed E-state index contributed by atoms with van der Waals surface area (Å²) in [5.41, 5.74) is 0. The van der Waals surface area contributed by atoms with Gasteiger partial charge in [-0.1, -0.05) is 13.8 Å². The van der Waals surface area contributed by atoms with E-state index < -0.39 is 6.10 Å². The molecule has 1 atom stereocenters. The summed E-state index contributed by atoms with van der Waals surface area (Å²) in [7, 11) is 0. The van der Waals surface area contributed by atoms with Crippen molar-refractivity contribution in [2.24, 2.45) is 0 Å². The molecule has 12 heavy (non-hydrogen) atoms. The molecule has 0 heterocycles. The number of nitrogens with one attached hydrogen (secondary N) is 1. The highest BCUT2D eigenvalue weighted by Gasteiger charge is 2.07. The van der Waals surface area contributed by atoms with E-state index in [0.717, 1.165) is 13.1 Å². The topological polar surface area (TPSA) is 52.6 Å². The fourth-order valence-corrected chi connectivity index (χ4v) is 1.03. The van der Waals surface area contributed by atoms with Gasteiger partial charge in [0.25, 0.3) is 0 Å². The molecule has 1 unspecified atom stereocenters. The van der Waals surface area contributed by atoms with E-state index in [2.05, 4.69) is 10.2 Å². The van der Waals surface area contributed by atoms with Crippen molar-refractivity contribution in [2.45, 2.75) is 20.0 Å². The van der Waals surface area contributed by atoms with Crippen LogP contribution in [0.25, 0.3) is 0 Å². The van der Waals surface area contributed by atoms with Crippen LogP contribution in [-0.2, 0) is 4.79 Å². The predicted molar refractivity (Wildman–Crippen MR) is 47.9 cm³/mol. The molecule has 72 valence electrons. The van der Waals surface area contributed by atoms with E-state index >= 15 is 0 Å². The lowest BCUT2D eigenvalue weighted by Crippen LogP contribution is -2.37. The van der Waals surface area contributed by atoms with Crippen LogP contribution < -0.4 is 5.32 Å². The number of carbonyl (C=O) groups is 1. The smallest absolute Gasteiger partial charge is 0.207 e. The number of likely N-dealkylation sites (N-methyl/N-ethyl adjacent to an activating group) is 1. The van der Waals surface area contributed by atoms with E-state index in [1.54, 1.807) is 0 Å². The molecule has 2 N–H and O–H groups in total. The summed E-state index contributed by atoms with van der Waals surface area (Å²) in [5.74, 6) is 0. The molecule has 0 aromatic heterocycles. The molecule has 0 fully saturated rings. The van der Waals surface area contributed by atoms with Crippen molar-refractivity contribution in [3.63, 3.8) is 0 Å². The van der Waals surface area contributed by atoms with Crippen LogP contribution in [0.4, 0.5) is 0 Å². The second kappa shape index (κ2) is 7.06. The quantitative estimate of drug-likeness (QED) is 0.508. The normalized spacial score (nSPS) is 13.0. The Hall–Kier alpha value is -0.610. The van der Waals surface area contributed by atoms with Gasteiger partial charge in [0.2, 0.25) is 6.41 Å². The highest BCUT2D eigenvalue weighted by Crippen LogP contribution is 1.90. The summed E-state index contributed by atoms with van der Waals surface area (Å²) in [6.07, 6.45) is 0.140. The summed E-state index contributed by atoms with van der Waals surface area (Å²) in [5, 5.41) is 11.8. The molecule has 0 aromatic rings. The number of hydrogen-bond acceptors (Lipinski definition) is 3. The number of amides is 1. The maximum Gasteiger partial charge on any atom is 0.207 e. The minimum Gasteiger partial charge on any atom is -0.390 e. The van der Waals surface area contributed by atoms with E-state index in [1.165, 1.54) is 0 Å². The minimum absolute atomic E-state index is 0.333. The monoisotopic (exact) mass is 174 g/mol. The van der Waals surface area contributed by atoms with Gasteiger partial charge >= 0.3 is 0 Å². The van der Waals surface area contributed by atoms with Gasteiger partial charge in [-0.15, -0.1) is 0 Å². The first-order chi connectivity index (χ1) is 5.74. The summed E-state index contributed by atoms with van der Waals surface area (Å²) < 4.78 is 0. The molecule has 0 spiro atoms. The molecule has 0 aliphatic rings. The van der Waals surface area contributed by atoms with E-state index in [4.69, 9.17) is 0 Å². The molecule has 0 radical (unpaired) electrons. The van der Waals surface area contributed by atoms with Crippen LogP contribution in [0.1, 0.15) is 13.8 Å². The van der Waals surface area contributed by atoms with Crippen molar-refractivity contribution < 1.29 is 9.90 Å². The molecule has 4 nitrogen and oxygen atoms in total. The average Bonchev–Trinajstić information content (AvgIpc) is 2.10. The molecule has 0 bridgehead atoms. The molecular weight excluding hydrogens is 156 g/mol. The Morgan fingerprint density at radius 3 is 2.50 bits per heavy atom. The SMILES string of the molecule is CCN(CC)CC(O)CNC=O. The second-order valence-corrected chi connectivity index (χ2v) is 2.67. The number of rotatable bonds is 7. The summed E-state index contributed by atoms with van der Waals surface area (Å²) >= 11 is 0. The lowest BCUT2D eigenvalue weighted by Gasteiger charge is -2.21. The molecule has 0 aromatic carbocycles. The third-order valence-corrected chi connectivity index (χ3v) is 1.80. The summed E-state index contributed by atoms with van der Waals surface area (Å²) in [4.78, 5) is 12.0. The van der Waals surface area contributed by atoms with Crippen molar-refractivity contribution in [3.05, 3.63) is 0 Å². The Kier molecular flexibility index (Phi) is 6.70. The lowest BCUT2D eigenvalue weighted by molar-refractivity contribution is -0.110. The van der Waals surface area contributed by atoms with E-state index in [0.29, 0.717) is 19.5 Å². The Labute approximate surface area is 73.6 Å². The van der Waals surface area contributed by atoms with Crippen molar-refractivity contribution in [2.75, 3.05) is 26.2 Å². The first-order valence-electron chi connectivity index (χ1n) is 4.32. The van der Waals surface area contributed by atoms with Crippen LogP contribution >= 0.6 is 0 Å². The van der Waals surface area contributed by atoms with Gasteiger partial charge in [-0.25, -0.2) is 0 Å². The largest absolute Gasteiger partial charge is 0.390 e. The maximum atomic E-state index is 9.90. The van der Waals surface area contributed by atoms with Crippen molar-refractivity contribution in [1.82, 2.24) is 10.2 Å². The van der Waals surface area contributed by atoms with Gasteiger partial charge in [0.15, 0.2) is 0 Å². The van der Waals surface area contributed by atoms with Gasteiger partial charge < -0.3 is 15.3 Å². The van der Waals surface area contributed by atoms with Gasteiger partial charge in [-0.05, 0) is 13.1 Å². The van der Waals surface area contributed by atoms with E-state index in [1.807, 2.05) is 13.8 Å².